The first-order valence-corrected chi connectivity index (χ1v) is 7.82. The molecule has 1 aliphatic rings. The summed E-state index contributed by atoms with van der Waals surface area (Å²) in [4.78, 5) is 6.70. The lowest BCUT2D eigenvalue weighted by Gasteiger charge is -2.43. The van der Waals surface area contributed by atoms with Gasteiger partial charge in [-0.3, -0.25) is 4.98 Å². The first kappa shape index (κ1) is 14.9. The van der Waals surface area contributed by atoms with Gasteiger partial charge >= 0.3 is 0 Å². The number of likely N-dealkylation sites (N-methyl/N-ethyl adjacent to an activating group) is 2. The second-order valence-electron chi connectivity index (χ2n) is 5.76. The van der Waals surface area contributed by atoms with Crippen LogP contribution in [0.4, 0.5) is 0 Å². The van der Waals surface area contributed by atoms with E-state index in [9.17, 15) is 0 Å². The van der Waals surface area contributed by atoms with Crippen LogP contribution in [0.5, 0.6) is 0 Å². The van der Waals surface area contributed by atoms with Crippen molar-refractivity contribution in [2.75, 3.05) is 21.1 Å². The summed E-state index contributed by atoms with van der Waals surface area (Å²) in [5.74, 6) is 0. The third kappa shape index (κ3) is 3.18. The zero-order valence-electron chi connectivity index (χ0n) is 12.1. The highest BCUT2D eigenvalue weighted by molar-refractivity contribution is 9.10. The third-order valence-corrected chi connectivity index (χ3v) is 4.99. The lowest BCUT2D eigenvalue weighted by atomic mass is 9.83. The van der Waals surface area contributed by atoms with Crippen LogP contribution in [0.3, 0.4) is 0 Å². The van der Waals surface area contributed by atoms with Gasteiger partial charge in [0.25, 0.3) is 0 Å². The Morgan fingerprint density at radius 1 is 1.37 bits per heavy atom. The van der Waals surface area contributed by atoms with Gasteiger partial charge < -0.3 is 10.2 Å². The summed E-state index contributed by atoms with van der Waals surface area (Å²) in [7, 11) is 6.52. The van der Waals surface area contributed by atoms with Gasteiger partial charge in [0.15, 0.2) is 0 Å². The Bertz CT molecular complexity index is 414. The molecule has 106 valence electrons. The number of nitrogens with zero attached hydrogens (tertiary/aromatic N) is 2. The van der Waals surface area contributed by atoms with Crippen molar-refractivity contribution < 1.29 is 0 Å². The van der Waals surface area contributed by atoms with Crippen LogP contribution in [-0.2, 0) is 6.42 Å². The molecule has 1 fully saturated rings. The van der Waals surface area contributed by atoms with Crippen LogP contribution in [-0.4, -0.2) is 42.6 Å². The molecule has 1 unspecified atom stereocenters. The standard InChI is InChI=1S/C15H24BrN3/c1-17-14(9-12-8-13(16)11-18-10-12)15(19(2)3)6-4-5-7-15/h8,10-11,14,17H,4-7,9H2,1-3H3. The highest BCUT2D eigenvalue weighted by Crippen LogP contribution is 2.37. The van der Waals surface area contributed by atoms with Crippen molar-refractivity contribution >= 4 is 15.9 Å². The summed E-state index contributed by atoms with van der Waals surface area (Å²) >= 11 is 3.51. The van der Waals surface area contributed by atoms with Gasteiger partial charge in [-0.15, -0.1) is 0 Å². The normalized spacial score (nSPS) is 19.8. The van der Waals surface area contributed by atoms with Gasteiger partial charge in [-0.25, -0.2) is 0 Å². The van der Waals surface area contributed by atoms with E-state index in [1.54, 1.807) is 0 Å². The van der Waals surface area contributed by atoms with E-state index in [2.05, 4.69) is 58.3 Å². The van der Waals surface area contributed by atoms with Crippen LogP contribution in [0.1, 0.15) is 31.2 Å². The Morgan fingerprint density at radius 3 is 2.58 bits per heavy atom. The van der Waals surface area contributed by atoms with Gasteiger partial charge in [-0.1, -0.05) is 12.8 Å². The van der Waals surface area contributed by atoms with Gasteiger partial charge in [0.1, 0.15) is 0 Å². The summed E-state index contributed by atoms with van der Waals surface area (Å²) in [5, 5.41) is 3.55. The molecule has 0 saturated heterocycles. The monoisotopic (exact) mass is 325 g/mol. The first-order chi connectivity index (χ1) is 9.08. The van der Waals surface area contributed by atoms with Crippen LogP contribution >= 0.6 is 15.9 Å². The zero-order valence-corrected chi connectivity index (χ0v) is 13.7. The lowest BCUT2D eigenvalue weighted by Crippen LogP contribution is -2.57. The van der Waals surface area contributed by atoms with E-state index in [1.165, 1.54) is 31.2 Å². The molecule has 3 nitrogen and oxygen atoms in total. The molecule has 1 N–H and O–H groups in total. The summed E-state index contributed by atoms with van der Waals surface area (Å²) in [6, 6.07) is 2.65. The fraction of sp³-hybridized carbons (Fsp3) is 0.667. The Hall–Kier alpha value is -0.450. The molecule has 1 saturated carbocycles. The predicted octanol–water partition coefficient (Wildman–Crippen LogP) is 2.85. The van der Waals surface area contributed by atoms with Crippen LogP contribution in [0.25, 0.3) is 0 Å². The molecule has 0 spiro atoms. The second kappa shape index (κ2) is 6.33. The van der Waals surface area contributed by atoms with Crippen molar-refractivity contribution in [1.82, 2.24) is 15.2 Å². The minimum atomic E-state index is 0.289. The van der Waals surface area contributed by atoms with E-state index in [-0.39, 0.29) is 5.54 Å². The van der Waals surface area contributed by atoms with Crippen LogP contribution < -0.4 is 5.32 Å². The molecule has 1 aromatic heterocycles. The topological polar surface area (TPSA) is 28.2 Å². The molecular weight excluding hydrogens is 302 g/mol. The molecule has 0 aromatic carbocycles. The number of hydrogen-bond donors (Lipinski definition) is 1. The molecule has 1 heterocycles. The molecule has 19 heavy (non-hydrogen) atoms. The van der Waals surface area contributed by atoms with Gasteiger partial charge in [0.05, 0.1) is 0 Å². The van der Waals surface area contributed by atoms with Gasteiger partial charge in [-0.05, 0) is 68.0 Å². The Kier molecular flexibility index (Phi) is 4.98. The average molecular weight is 326 g/mol. The molecule has 4 heteroatoms. The van der Waals surface area contributed by atoms with Crippen LogP contribution in [0, 0.1) is 0 Å². The number of rotatable bonds is 5. The van der Waals surface area contributed by atoms with Crippen molar-refractivity contribution in [3.05, 3.63) is 28.5 Å². The smallest absolute Gasteiger partial charge is 0.0410 e. The highest BCUT2D eigenvalue weighted by Gasteiger charge is 2.42. The summed E-state index contributed by atoms with van der Waals surface area (Å²) in [5.41, 5.74) is 1.58. The predicted molar refractivity (Wildman–Crippen MR) is 83.4 cm³/mol. The maximum atomic E-state index is 4.28. The molecule has 1 aliphatic carbocycles. The van der Waals surface area contributed by atoms with E-state index in [1.807, 2.05) is 12.4 Å². The summed E-state index contributed by atoms with van der Waals surface area (Å²) < 4.78 is 1.06. The van der Waals surface area contributed by atoms with Crippen molar-refractivity contribution in [1.29, 1.82) is 0 Å². The lowest BCUT2D eigenvalue weighted by molar-refractivity contribution is 0.108. The molecule has 0 radical (unpaired) electrons. The SMILES string of the molecule is CNC(Cc1cncc(Br)c1)C1(N(C)C)CCCC1. The van der Waals surface area contributed by atoms with E-state index in [0.29, 0.717) is 6.04 Å². The van der Waals surface area contributed by atoms with Crippen molar-refractivity contribution in [3.63, 3.8) is 0 Å². The Labute approximate surface area is 124 Å². The largest absolute Gasteiger partial charge is 0.315 e. The Balaban J connectivity index is 2.19. The average Bonchev–Trinajstić information content (AvgIpc) is 2.86. The van der Waals surface area contributed by atoms with Crippen LogP contribution in [0.15, 0.2) is 22.9 Å². The van der Waals surface area contributed by atoms with Gasteiger partial charge in [0, 0.05) is 28.4 Å². The molecule has 0 amide bonds. The summed E-state index contributed by atoms with van der Waals surface area (Å²) in [6.45, 7) is 0. The maximum Gasteiger partial charge on any atom is 0.0410 e. The molecular formula is C15H24BrN3. The second-order valence-corrected chi connectivity index (χ2v) is 6.68. The van der Waals surface area contributed by atoms with E-state index >= 15 is 0 Å². The van der Waals surface area contributed by atoms with Gasteiger partial charge in [-0.2, -0.15) is 0 Å². The van der Waals surface area contributed by atoms with Crippen molar-refractivity contribution in [3.8, 4) is 0 Å². The molecule has 0 aliphatic heterocycles. The minimum absolute atomic E-state index is 0.289. The molecule has 0 bridgehead atoms. The van der Waals surface area contributed by atoms with E-state index < -0.39 is 0 Å². The fourth-order valence-corrected chi connectivity index (χ4v) is 3.87. The number of aromatic nitrogens is 1. The minimum Gasteiger partial charge on any atom is -0.315 e. The van der Waals surface area contributed by atoms with E-state index in [0.717, 1.165) is 10.9 Å². The van der Waals surface area contributed by atoms with Crippen molar-refractivity contribution in [2.45, 2.75) is 43.7 Å². The number of pyridine rings is 1. The fourth-order valence-electron chi connectivity index (χ4n) is 3.46. The van der Waals surface area contributed by atoms with Crippen molar-refractivity contribution in [2.24, 2.45) is 0 Å². The van der Waals surface area contributed by atoms with Crippen LogP contribution in [0.2, 0.25) is 0 Å². The Morgan fingerprint density at radius 2 is 2.05 bits per heavy atom. The molecule has 1 atom stereocenters. The number of hydrogen-bond acceptors (Lipinski definition) is 3. The third-order valence-electron chi connectivity index (χ3n) is 4.56. The maximum absolute atomic E-state index is 4.28. The highest BCUT2D eigenvalue weighted by atomic mass is 79.9. The molecule has 2 rings (SSSR count). The van der Waals surface area contributed by atoms with Gasteiger partial charge in [0.2, 0.25) is 0 Å². The first-order valence-electron chi connectivity index (χ1n) is 7.02. The quantitative estimate of drug-likeness (QED) is 0.902. The van der Waals surface area contributed by atoms with E-state index in [4.69, 9.17) is 0 Å². The zero-order chi connectivity index (χ0) is 13.9. The number of halogens is 1. The molecule has 1 aromatic rings. The number of nitrogens with one attached hydrogen (secondary N) is 1. The summed E-state index contributed by atoms with van der Waals surface area (Å²) in [6.07, 6.45) is 10.1.